The van der Waals surface area contributed by atoms with E-state index in [-0.39, 0.29) is 24.4 Å². The van der Waals surface area contributed by atoms with Crippen molar-refractivity contribution in [3.63, 3.8) is 0 Å². The number of aromatic nitrogens is 3. The Bertz CT molecular complexity index is 1050. The largest absolute Gasteiger partial charge is 0.416 e. The number of halogens is 5. The molecule has 1 aliphatic rings. The maximum Gasteiger partial charge on any atom is 0.416 e. The van der Waals surface area contributed by atoms with Gasteiger partial charge in [0, 0.05) is 24.1 Å². The first-order valence-electron chi connectivity index (χ1n) is 9.88. The molecule has 0 amide bonds. The highest BCUT2D eigenvalue weighted by Crippen LogP contribution is 2.32. The highest BCUT2D eigenvalue weighted by molar-refractivity contribution is 5.85. The molecule has 2 N–H and O–H groups in total. The molecule has 0 spiro atoms. The summed E-state index contributed by atoms with van der Waals surface area (Å²) >= 11 is 0. The zero-order valence-corrected chi connectivity index (χ0v) is 17.9. The summed E-state index contributed by atoms with van der Waals surface area (Å²) in [5.41, 5.74) is 1.46. The van der Waals surface area contributed by atoms with Crippen LogP contribution in [0.4, 0.5) is 23.4 Å². The van der Waals surface area contributed by atoms with E-state index in [1.165, 1.54) is 16.8 Å². The van der Waals surface area contributed by atoms with Crippen LogP contribution in [-0.2, 0) is 6.18 Å². The SMILES string of the molecule is Cc1cc2ncc(-c3cccc(C(F)(F)F)c3)n2nc1NC(C)C1CCNCC1F.Cl. The van der Waals surface area contributed by atoms with E-state index in [1.54, 1.807) is 6.07 Å². The number of imidazole rings is 1. The van der Waals surface area contributed by atoms with Gasteiger partial charge < -0.3 is 10.6 Å². The number of fused-ring (bicyclic) bond motifs is 1. The number of nitrogens with zero attached hydrogens (tertiary/aromatic N) is 3. The average molecular weight is 458 g/mol. The van der Waals surface area contributed by atoms with Crippen molar-refractivity contribution in [1.29, 1.82) is 0 Å². The van der Waals surface area contributed by atoms with Crippen LogP contribution in [0.3, 0.4) is 0 Å². The van der Waals surface area contributed by atoms with Crippen LogP contribution in [0.5, 0.6) is 0 Å². The minimum atomic E-state index is -4.43. The molecule has 1 aromatic carbocycles. The van der Waals surface area contributed by atoms with Gasteiger partial charge in [-0.05, 0) is 50.6 Å². The van der Waals surface area contributed by atoms with Gasteiger partial charge in [-0.25, -0.2) is 13.9 Å². The Balaban J connectivity index is 0.00000272. The smallest absolute Gasteiger partial charge is 0.366 e. The molecule has 4 rings (SSSR count). The van der Waals surface area contributed by atoms with E-state index in [0.29, 0.717) is 29.3 Å². The summed E-state index contributed by atoms with van der Waals surface area (Å²) in [5.74, 6) is 0.417. The zero-order chi connectivity index (χ0) is 21.5. The van der Waals surface area contributed by atoms with E-state index >= 15 is 0 Å². The van der Waals surface area contributed by atoms with Crippen LogP contribution in [0.2, 0.25) is 0 Å². The molecule has 2 aromatic heterocycles. The van der Waals surface area contributed by atoms with Gasteiger partial charge in [0.1, 0.15) is 12.0 Å². The number of hydrogen-bond donors (Lipinski definition) is 2. The second-order valence-electron chi connectivity index (χ2n) is 7.77. The van der Waals surface area contributed by atoms with Gasteiger partial charge in [-0.1, -0.05) is 12.1 Å². The van der Waals surface area contributed by atoms with Crippen LogP contribution in [0, 0.1) is 12.8 Å². The molecule has 3 atom stereocenters. The van der Waals surface area contributed by atoms with Crippen molar-refractivity contribution in [1.82, 2.24) is 19.9 Å². The van der Waals surface area contributed by atoms with Crippen molar-refractivity contribution in [2.24, 2.45) is 5.92 Å². The summed E-state index contributed by atoms with van der Waals surface area (Å²) in [7, 11) is 0. The molecule has 10 heteroatoms. The summed E-state index contributed by atoms with van der Waals surface area (Å²) < 4.78 is 55.1. The molecule has 0 aliphatic carbocycles. The van der Waals surface area contributed by atoms with Gasteiger partial charge in [-0.3, -0.25) is 0 Å². The molecule has 1 fully saturated rings. The van der Waals surface area contributed by atoms with Crippen molar-refractivity contribution in [3.05, 3.63) is 47.7 Å². The van der Waals surface area contributed by atoms with Crippen LogP contribution in [0.1, 0.15) is 24.5 Å². The zero-order valence-electron chi connectivity index (χ0n) is 17.1. The molecule has 3 unspecified atom stereocenters. The minimum absolute atomic E-state index is 0. The second kappa shape index (κ2) is 9.00. The van der Waals surface area contributed by atoms with E-state index in [1.807, 2.05) is 19.9 Å². The fourth-order valence-electron chi connectivity index (χ4n) is 3.93. The van der Waals surface area contributed by atoms with E-state index in [4.69, 9.17) is 0 Å². The maximum absolute atomic E-state index is 14.3. The number of piperidine rings is 1. The third kappa shape index (κ3) is 4.77. The summed E-state index contributed by atoms with van der Waals surface area (Å²) in [6, 6.07) is 6.75. The Morgan fingerprint density at radius 2 is 2.03 bits per heavy atom. The van der Waals surface area contributed by atoms with E-state index in [2.05, 4.69) is 20.7 Å². The summed E-state index contributed by atoms with van der Waals surface area (Å²) in [4.78, 5) is 4.29. The van der Waals surface area contributed by atoms with Crippen molar-refractivity contribution in [3.8, 4) is 11.3 Å². The Hall–Kier alpha value is -2.39. The summed E-state index contributed by atoms with van der Waals surface area (Å²) in [6.07, 6.45) is -3.15. The number of rotatable bonds is 4. The topological polar surface area (TPSA) is 54.2 Å². The predicted octanol–water partition coefficient (Wildman–Crippen LogP) is 4.89. The summed E-state index contributed by atoms with van der Waals surface area (Å²) in [6.45, 7) is 4.90. The third-order valence-electron chi connectivity index (χ3n) is 5.63. The van der Waals surface area contributed by atoms with E-state index in [0.717, 1.165) is 30.7 Å². The lowest BCUT2D eigenvalue weighted by Crippen LogP contribution is -2.44. The first-order valence-corrected chi connectivity index (χ1v) is 9.88. The molecular formula is C21H24ClF4N5. The van der Waals surface area contributed by atoms with Crippen LogP contribution in [0.25, 0.3) is 16.9 Å². The first-order chi connectivity index (χ1) is 14.2. The van der Waals surface area contributed by atoms with Gasteiger partial charge in [-0.2, -0.15) is 13.2 Å². The maximum atomic E-state index is 14.3. The molecule has 0 radical (unpaired) electrons. The number of aryl methyl sites for hydroxylation is 1. The highest BCUT2D eigenvalue weighted by atomic mass is 35.5. The van der Waals surface area contributed by atoms with Crippen molar-refractivity contribution in [2.45, 2.75) is 38.7 Å². The van der Waals surface area contributed by atoms with Crippen molar-refractivity contribution >= 4 is 23.9 Å². The molecule has 168 valence electrons. The molecule has 3 aromatic rings. The Kier molecular flexibility index (Phi) is 6.76. The number of benzene rings is 1. The van der Waals surface area contributed by atoms with Gasteiger partial charge in [0.15, 0.2) is 5.65 Å². The lowest BCUT2D eigenvalue weighted by molar-refractivity contribution is -0.137. The van der Waals surface area contributed by atoms with E-state index < -0.39 is 17.9 Å². The Labute approximate surface area is 183 Å². The quantitative estimate of drug-likeness (QED) is 0.547. The number of anilines is 1. The molecule has 0 bridgehead atoms. The fourth-order valence-corrected chi connectivity index (χ4v) is 3.93. The first kappa shape index (κ1) is 23.3. The van der Waals surface area contributed by atoms with Gasteiger partial charge in [0.25, 0.3) is 0 Å². The molecule has 3 heterocycles. The summed E-state index contributed by atoms with van der Waals surface area (Å²) in [5, 5.41) is 10.9. The monoisotopic (exact) mass is 457 g/mol. The van der Waals surface area contributed by atoms with Gasteiger partial charge in [0.05, 0.1) is 17.5 Å². The van der Waals surface area contributed by atoms with Crippen LogP contribution in [0.15, 0.2) is 36.5 Å². The number of hydrogen-bond acceptors (Lipinski definition) is 4. The lowest BCUT2D eigenvalue weighted by atomic mass is 9.89. The van der Waals surface area contributed by atoms with Gasteiger partial charge in [-0.15, -0.1) is 17.5 Å². The van der Waals surface area contributed by atoms with E-state index in [9.17, 15) is 17.6 Å². The number of alkyl halides is 4. The predicted molar refractivity (Wildman–Crippen MR) is 114 cm³/mol. The van der Waals surface area contributed by atoms with Crippen LogP contribution in [-0.4, -0.2) is 39.9 Å². The molecule has 31 heavy (non-hydrogen) atoms. The lowest BCUT2D eigenvalue weighted by Gasteiger charge is -2.32. The van der Waals surface area contributed by atoms with Crippen LogP contribution < -0.4 is 10.6 Å². The second-order valence-corrected chi connectivity index (χ2v) is 7.77. The highest BCUT2D eigenvalue weighted by Gasteiger charge is 2.31. The number of nitrogens with one attached hydrogen (secondary N) is 2. The fraction of sp³-hybridized carbons (Fsp3) is 0.429. The average Bonchev–Trinajstić information content (AvgIpc) is 3.10. The van der Waals surface area contributed by atoms with Crippen molar-refractivity contribution < 1.29 is 17.6 Å². The Morgan fingerprint density at radius 3 is 2.74 bits per heavy atom. The molecule has 1 saturated heterocycles. The van der Waals surface area contributed by atoms with Gasteiger partial charge >= 0.3 is 6.18 Å². The Morgan fingerprint density at radius 1 is 1.26 bits per heavy atom. The molecule has 5 nitrogen and oxygen atoms in total. The standard InChI is InChI=1S/C21H23F4N5.ClH/c1-12-8-19-27-11-18(14-4-3-5-15(9-14)21(23,24)25)30(19)29-20(12)28-13(2)16-6-7-26-10-17(16)22;/h3-5,8-9,11,13,16-17,26H,6-7,10H2,1-2H3,(H,28,29);1H. The van der Waals surface area contributed by atoms with Gasteiger partial charge in [0.2, 0.25) is 0 Å². The normalized spacial score (nSPS) is 20.3. The molecular weight excluding hydrogens is 434 g/mol. The minimum Gasteiger partial charge on any atom is -0.366 e. The molecule has 0 saturated carbocycles. The molecule has 1 aliphatic heterocycles. The van der Waals surface area contributed by atoms with Crippen molar-refractivity contribution in [2.75, 3.05) is 18.4 Å². The third-order valence-corrected chi connectivity index (χ3v) is 5.63. The van der Waals surface area contributed by atoms with Crippen LogP contribution >= 0.6 is 12.4 Å².